The van der Waals surface area contributed by atoms with E-state index in [2.05, 4.69) is 35.0 Å². The molecule has 1 amide bonds. The van der Waals surface area contributed by atoms with Gasteiger partial charge in [0.05, 0.1) is 6.54 Å². The summed E-state index contributed by atoms with van der Waals surface area (Å²) in [6.45, 7) is 8.45. The van der Waals surface area contributed by atoms with Gasteiger partial charge in [0.1, 0.15) is 0 Å². The van der Waals surface area contributed by atoms with E-state index >= 15 is 0 Å². The van der Waals surface area contributed by atoms with Crippen LogP contribution in [0.4, 0.5) is 5.69 Å². The molecule has 0 spiro atoms. The number of nitrogens with one attached hydrogen (secondary N) is 1. The standard InChI is InChI=1S/C18H26ClN3O/c1-13-3-6-16(19)11-17(13)22-9-7-21(8-10-22)12-18(23)20-14(2)15-4-5-15/h3,6,11,14-15H,4-5,7-10,12H2,1-2H3,(H,20,23)/t14-/m0/s1. The minimum absolute atomic E-state index is 0.164. The first-order chi connectivity index (χ1) is 11.0. The second kappa shape index (κ2) is 7.10. The molecule has 4 nitrogen and oxygen atoms in total. The Kier molecular flexibility index (Phi) is 5.12. The molecule has 1 atom stereocenters. The number of piperazine rings is 1. The molecule has 126 valence electrons. The quantitative estimate of drug-likeness (QED) is 0.898. The molecule has 0 unspecified atom stereocenters. The summed E-state index contributed by atoms with van der Waals surface area (Å²) < 4.78 is 0. The Morgan fingerprint density at radius 3 is 2.65 bits per heavy atom. The molecule has 3 rings (SSSR count). The van der Waals surface area contributed by atoms with Crippen LogP contribution in [0.3, 0.4) is 0 Å². The van der Waals surface area contributed by atoms with Gasteiger partial charge in [0, 0.05) is 42.9 Å². The lowest BCUT2D eigenvalue weighted by atomic mass is 10.1. The van der Waals surface area contributed by atoms with E-state index in [1.165, 1.54) is 24.1 Å². The first-order valence-corrected chi connectivity index (χ1v) is 8.93. The molecule has 0 aromatic heterocycles. The van der Waals surface area contributed by atoms with E-state index in [9.17, 15) is 4.79 Å². The van der Waals surface area contributed by atoms with Crippen LogP contribution in [-0.2, 0) is 4.79 Å². The van der Waals surface area contributed by atoms with Gasteiger partial charge in [-0.15, -0.1) is 0 Å². The van der Waals surface area contributed by atoms with Crippen molar-refractivity contribution in [2.45, 2.75) is 32.7 Å². The number of rotatable bonds is 5. The van der Waals surface area contributed by atoms with Crippen LogP contribution in [0.5, 0.6) is 0 Å². The molecule has 1 aliphatic heterocycles. The Labute approximate surface area is 143 Å². The average molecular weight is 336 g/mol. The van der Waals surface area contributed by atoms with Crippen LogP contribution in [-0.4, -0.2) is 49.6 Å². The van der Waals surface area contributed by atoms with Crippen molar-refractivity contribution in [3.8, 4) is 0 Å². The van der Waals surface area contributed by atoms with Gasteiger partial charge in [-0.1, -0.05) is 17.7 Å². The van der Waals surface area contributed by atoms with Crippen LogP contribution < -0.4 is 10.2 Å². The molecule has 1 aromatic rings. The number of hydrogen-bond acceptors (Lipinski definition) is 3. The molecule has 1 heterocycles. The lowest BCUT2D eigenvalue weighted by molar-refractivity contribution is -0.123. The third-order valence-electron chi connectivity index (χ3n) is 4.97. The number of anilines is 1. The molecule has 5 heteroatoms. The number of nitrogens with zero attached hydrogens (tertiary/aromatic N) is 2. The lowest BCUT2D eigenvalue weighted by Crippen LogP contribution is -2.50. The fourth-order valence-electron chi connectivity index (χ4n) is 3.29. The van der Waals surface area contributed by atoms with E-state index in [1.54, 1.807) is 0 Å². The average Bonchev–Trinajstić information content (AvgIpc) is 3.35. The van der Waals surface area contributed by atoms with Gasteiger partial charge in [-0.3, -0.25) is 9.69 Å². The maximum absolute atomic E-state index is 12.1. The zero-order chi connectivity index (χ0) is 16.4. The number of hydrogen-bond donors (Lipinski definition) is 1. The first-order valence-electron chi connectivity index (χ1n) is 8.56. The first kappa shape index (κ1) is 16.6. The van der Waals surface area contributed by atoms with Gasteiger partial charge in [0.2, 0.25) is 5.91 Å². The molecule has 2 fully saturated rings. The highest BCUT2D eigenvalue weighted by Crippen LogP contribution is 2.32. The third-order valence-corrected chi connectivity index (χ3v) is 5.20. The fourth-order valence-corrected chi connectivity index (χ4v) is 3.45. The van der Waals surface area contributed by atoms with Gasteiger partial charge in [0.25, 0.3) is 0 Å². The number of amides is 1. The second-order valence-electron chi connectivity index (χ2n) is 6.89. The normalized spacial score (nSPS) is 20.4. The molecular formula is C18H26ClN3O. The fraction of sp³-hybridized carbons (Fsp3) is 0.611. The van der Waals surface area contributed by atoms with Crippen molar-refractivity contribution in [2.24, 2.45) is 5.92 Å². The maximum Gasteiger partial charge on any atom is 0.234 e. The summed E-state index contributed by atoms with van der Waals surface area (Å²) in [6.07, 6.45) is 2.53. The van der Waals surface area contributed by atoms with E-state index in [0.717, 1.165) is 31.2 Å². The van der Waals surface area contributed by atoms with Gasteiger partial charge < -0.3 is 10.2 Å². The molecule has 23 heavy (non-hydrogen) atoms. The van der Waals surface area contributed by atoms with E-state index in [4.69, 9.17) is 11.6 Å². The second-order valence-corrected chi connectivity index (χ2v) is 7.32. The van der Waals surface area contributed by atoms with Crippen LogP contribution in [0, 0.1) is 12.8 Å². The van der Waals surface area contributed by atoms with E-state index in [1.807, 2.05) is 12.1 Å². The minimum Gasteiger partial charge on any atom is -0.369 e. The van der Waals surface area contributed by atoms with Crippen molar-refractivity contribution in [3.05, 3.63) is 28.8 Å². The number of carbonyl (C=O) groups is 1. The molecular weight excluding hydrogens is 310 g/mol. The Balaban J connectivity index is 1.48. The van der Waals surface area contributed by atoms with E-state index in [0.29, 0.717) is 18.5 Å². The molecule has 1 aromatic carbocycles. The van der Waals surface area contributed by atoms with Crippen molar-refractivity contribution in [1.82, 2.24) is 10.2 Å². The van der Waals surface area contributed by atoms with Crippen LogP contribution in [0.25, 0.3) is 0 Å². The summed E-state index contributed by atoms with van der Waals surface area (Å²) in [6, 6.07) is 6.37. The molecule has 1 aliphatic carbocycles. The predicted molar refractivity (Wildman–Crippen MR) is 95.2 cm³/mol. The highest BCUT2D eigenvalue weighted by Gasteiger charge is 2.29. The summed E-state index contributed by atoms with van der Waals surface area (Å²) in [5, 5.41) is 3.92. The molecule has 1 saturated carbocycles. The Bertz CT molecular complexity index is 565. The molecule has 1 saturated heterocycles. The molecule has 2 aliphatic rings. The van der Waals surface area contributed by atoms with Gasteiger partial charge in [-0.2, -0.15) is 0 Å². The Morgan fingerprint density at radius 2 is 2.00 bits per heavy atom. The molecule has 1 N–H and O–H groups in total. The SMILES string of the molecule is Cc1ccc(Cl)cc1N1CCN(CC(=O)N[C@@H](C)C2CC2)CC1. The summed E-state index contributed by atoms with van der Waals surface area (Å²) >= 11 is 6.12. The topological polar surface area (TPSA) is 35.6 Å². The van der Waals surface area contributed by atoms with Crippen LogP contribution in [0.2, 0.25) is 5.02 Å². The Morgan fingerprint density at radius 1 is 1.30 bits per heavy atom. The van der Waals surface area contributed by atoms with Gasteiger partial charge in [-0.05, 0) is 50.3 Å². The largest absolute Gasteiger partial charge is 0.369 e. The van der Waals surface area contributed by atoms with Crippen molar-refractivity contribution >= 4 is 23.2 Å². The van der Waals surface area contributed by atoms with Crippen molar-refractivity contribution in [1.29, 1.82) is 0 Å². The van der Waals surface area contributed by atoms with Crippen molar-refractivity contribution in [3.63, 3.8) is 0 Å². The summed E-state index contributed by atoms with van der Waals surface area (Å²) in [5.74, 6) is 0.874. The van der Waals surface area contributed by atoms with Crippen LogP contribution in [0.1, 0.15) is 25.3 Å². The highest BCUT2D eigenvalue weighted by molar-refractivity contribution is 6.30. The maximum atomic E-state index is 12.1. The van der Waals surface area contributed by atoms with E-state index < -0.39 is 0 Å². The number of carbonyl (C=O) groups excluding carboxylic acids is 1. The monoisotopic (exact) mass is 335 g/mol. The van der Waals surface area contributed by atoms with E-state index in [-0.39, 0.29) is 5.91 Å². The highest BCUT2D eigenvalue weighted by atomic mass is 35.5. The van der Waals surface area contributed by atoms with Crippen LogP contribution >= 0.6 is 11.6 Å². The van der Waals surface area contributed by atoms with Crippen LogP contribution in [0.15, 0.2) is 18.2 Å². The zero-order valence-electron chi connectivity index (χ0n) is 14.0. The van der Waals surface area contributed by atoms with Gasteiger partial charge >= 0.3 is 0 Å². The predicted octanol–water partition coefficient (Wildman–Crippen LogP) is 2.69. The van der Waals surface area contributed by atoms with Crippen molar-refractivity contribution < 1.29 is 4.79 Å². The number of aryl methyl sites for hydroxylation is 1. The Hall–Kier alpha value is -1.26. The van der Waals surface area contributed by atoms with Gasteiger partial charge in [-0.25, -0.2) is 0 Å². The molecule has 0 bridgehead atoms. The van der Waals surface area contributed by atoms with Gasteiger partial charge in [0.15, 0.2) is 0 Å². The number of halogens is 1. The summed E-state index contributed by atoms with van der Waals surface area (Å²) in [4.78, 5) is 16.7. The third kappa shape index (κ3) is 4.39. The zero-order valence-corrected chi connectivity index (χ0v) is 14.8. The molecule has 0 radical (unpaired) electrons. The lowest BCUT2D eigenvalue weighted by Gasteiger charge is -2.36. The smallest absolute Gasteiger partial charge is 0.234 e. The van der Waals surface area contributed by atoms with Crippen molar-refractivity contribution in [2.75, 3.05) is 37.6 Å². The minimum atomic E-state index is 0.164. The number of benzene rings is 1. The summed E-state index contributed by atoms with van der Waals surface area (Å²) in [7, 11) is 0. The summed E-state index contributed by atoms with van der Waals surface area (Å²) in [5.41, 5.74) is 2.46.